The first-order chi connectivity index (χ1) is 15.1. The Kier molecular flexibility index (Phi) is 4.88. The fourth-order valence-electron chi connectivity index (χ4n) is 4.92. The number of ether oxygens (including phenoxy) is 1. The number of nitrogens with one attached hydrogen (secondary N) is 2. The van der Waals surface area contributed by atoms with Crippen molar-refractivity contribution in [3.8, 4) is 5.75 Å². The molecule has 7 heteroatoms. The lowest BCUT2D eigenvalue weighted by molar-refractivity contribution is -0.134. The van der Waals surface area contributed by atoms with Crippen LogP contribution in [0.3, 0.4) is 0 Å². The minimum atomic E-state index is -1.06. The van der Waals surface area contributed by atoms with Gasteiger partial charge in [0.2, 0.25) is 5.91 Å². The van der Waals surface area contributed by atoms with Gasteiger partial charge in [0.15, 0.2) is 0 Å². The van der Waals surface area contributed by atoms with Crippen molar-refractivity contribution >= 4 is 23.5 Å². The molecule has 1 saturated carbocycles. The fourth-order valence-corrected chi connectivity index (χ4v) is 4.92. The normalized spacial score (nSPS) is 22.6. The molecule has 1 saturated heterocycles. The minimum Gasteiger partial charge on any atom is -0.488 e. The first kappa shape index (κ1) is 19.6. The summed E-state index contributed by atoms with van der Waals surface area (Å²) in [5.74, 6) is -0.191. The maximum absolute atomic E-state index is 13.2. The molecule has 0 aromatic heterocycles. The van der Waals surface area contributed by atoms with Crippen LogP contribution in [0.25, 0.3) is 0 Å². The molecule has 1 aliphatic heterocycles. The van der Waals surface area contributed by atoms with Gasteiger partial charge in [-0.2, -0.15) is 0 Å². The highest BCUT2D eigenvalue weighted by Gasteiger charge is 2.55. The van der Waals surface area contributed by atoms with Crippen molar-refractivity contribution in [3.63, 3.8) is 0 Å². The summed E-state index contributed by atoms with van der Waals surface area (Å²) in [4.78, 5) is 39.6. The Bertz CT molecular complexity index is 1050. The summed E-state index contributed by atoms with van der Waals surface area (Å²) in [6.45, 7) is -0.341. The van der Waals surface area contributed by atoms with Gasteiger partial charge < -0.3 is 15.4 Å². The molecule has 2 fully saturated rings. The Labute approximate surface area is 180 Å². The first-order valence-corrected chi connectivity index (χ1v) is 10.8. The van der Waals surface area contributed by atoms with Crippen LogP contribution in [0.4, 0.5) is 10.5 Å². The van der Waals surface area contributed by atoms with Crippen LogP contribution in [0.15, 0.2) is 48.5 Å². The molecule has 1 unspecified atom stereocenters. The SMILES string of the molecule is O=C(CN1C(=O)NC2(CCc3ccccc32)C1=O)Nc1ccccc1OC1CCCC1. The second-order valence-electron chi connectivity index (χ2n) is 8.45. The number of nitrogens with zero attached hydrogens (tertiary/aromatic N) is 1. The Morgan fingerprint density at radius 1 is 1.10 bits per heavy atom. The molecule has 2 N–H and O–H groups in total. The van der Waals surface area contributed by atoms with Gasteiger partial charge in [0.1, 0.15) is 17.8 Å². The monoisotopic (exact) mass is 419 g/mol. The molecule has 2 aliphatic carbocycles. The highest BCUT2D eigenvalue weighted by atomic mass is 16.5. The summed E-state index contributed by atoms with van der Waals surface area (Å²) in [6, 6.07) is 14.4. The van der Waals surface area contributed by atoms with Gasteiger partial charge in [-0.05, 0) is 61.8 Å². The van der Waals surface area contributed by atoms with Gasteiger partial charge in [0.05, 0.1) is 11.8 Å². The Balaban J connectivity index is 1.30. The maximum atomic E-state index is 13.2. The van der Waals surface area contributed by atoms with E-state index in [2.05, 4.69) is 10.6 Å². The summed E-state index contributed by atoms with van der Waals surface area (Å²) in [6.07, 6.45) is 5.70. The molecule has 0 bridgehead atoms. The number of imide groups is 1. The Hall–Kier alpha value is -3.35. The topological polar surface area (TPSA) is 87.7 Å². The molecule has 31 heavy (non-hydrogen) atoms. The highest BCUT2D eigenvalue weighted by molar-refractivity contribution is 6.11. The van der Waals surface area contributed by atoms with Gasteiger partial charge in [0, 0.05) is 0 Å². The van der Waals surface area contributed by atoms with E-state index in [-0.39, 0.29) is 18.6 Å². The molecule has 3 aliphatic rings. The van der Waals surface area contributed by atoms with Gasteiger partial charge in [-0.25, -0.2) is 4.79 Å². The zero-order chi connectivity index (χ0) is 21.4. The van der Waals surface area contributed by atoms with Crippen molar-refractivity contribution in [3.05, 3.63) is 59.7 Å². The maximum Gasteiger partial charge on any atom is 0.325 e. The average molecular weight is 419 g/mol. The molecule has 5 rings (SSSR count). The Morgan fingerprint density at radius 3 is 2.68 bits per heavy atom. The number of benzene rings is 2. The first-order valence-electron chi connectivity index (χ1n) is 10.8. The predicted molar refractivity (Wildman–Crippen MR) is 115 cm³/mol. The summed E-state index contributed by atoms with van der Waals surface area (Å²) < 4.78 is 6.06. The number of hydrogen-bond acceptors (Lipinski definition) is 4. The quantitative estimate of drug-likeness (QED) is 0.728. The van der Waals surface area contributed by atoms with Gasteiger partial charge in [0.25, 0.3) is 5.91 Å². The van der Waals surface area contributed by atoms with Gasteiger partial charge in [-0.1, -0.05) is 36.4 Å². The summed E-state index contributed by atoms with van der Waals surface area (Å²) in [5.41, 5.74) is 1.37. The highest BCUT2D eigenvalue weighted by Crippen LogP contribution is 2.41. The van der Waals surface area contributed by atoms with Crippen LogP contribution in [-0.2, 0) is 21.5 Å². The lowest BCUT2D eigenvalue weighted by Crippen LogP contribution is -2.43. The van der Waals surface area contributed by atoms with Crippen LogP contribution in [-0.4, -0.2) is 35.4 Å². The zero-order valence-electron chi connectivity index (χ0n) is 17.2. The van der Waals surface area contributed by atoms with Crippen molar-refractivity contribution < 1.29 is 19.1 Å². The third kappa shape index (κ3) is 3.44. The summed E-state index contributed by atoms with van der Waals surface area (Å²) >= 11 is 0. The molecular formula is C24H25N3O4. The summed E-state index contributed by atoms with van der Waals surface area (Å²) in [7, 11) is 0. The number of fused-ring (bicyclic) bond motifs is 2. The number of aryl methyl sites for hydroxylation is 1. The molecule has 1 heterocycles. The zero-order valence-corrected chi connectivity index (χ0v) is 17.2. The molecule has 7 nitrogen and oxygen atoms in total. The largest absolute Gasteiger partial charge is 0.488 e. The molecule has 160 valence electrons. The van der Waals surface area contributed by atoms with E-state index in [0.29, 0.717) is 24.3 Å². The average Bonchev–Trinajstić information content (AvgIpc) is 3.47. The number of carbonyl (C=O) groups excluding carboxylic acids is 3. The van der Waals surface area contributed by atoms with Crippen LogP contribution >= 0.6 is 0 Å². The van der Waals surface area contributed by atoms with E-state index in [0.717, 1.165) is 41.7 Å². The van der Waals surface area contributed by atoms with Crippen LogP contribution in [0.1, 0.15) is 43.2 Å². The van der Waals surface area contributed by atoms with Crippen molar-refractivity contribution in [1.82, 2.24) is 10.2 Å². The van der Waals surface area contributed by atoms with Crippen LogP contribution in [0.5, 0.6) is 5.75 Å². The lowest BCUT2D eigenvalue weighted by atomic mass is 9.92. The van der Waals surface area contributed by atoms with Gasteiger partial charge in [-0.15, -0.1) is 0 Å². The molecule has 4 amide bonds. The van der Waals surface area contributed by atoms with E-state index in [1.807, 2.05) is 42.5 Å². The number of anilines is 1. The standard InChI is InChI=1S/C24H25N3O4/c28-21(25-19-11-5-6-12-20(19)31-17-8-2-3-9-17)15-27-22(29)24(26-23(27)30)14-13-16-7-1-4-10-18(16)24/h1,4-7,10-12,17H,2-3,8-9,13-15H2,(H,25,28)(H,26,30). The third-order valence-corrected chi connectivity index (χ3v) is 6.48. The number of carbonyl (C=O) groups is 3. The van der Waals surface area contributed by atoms with E-state index in [9.17, 15) is 14.4 Å². The second kappa shape index (κ2) is 7.72. The van der Waals surface area contributed by atoms with Crippen molar-refractivity contribution in [2.75, 3.05) is 11.9 Å². The lowest BCUT2D eigenvalue weighted by Gasteiger charge is -2.22. The van der Waals surface area contributed by atoms with Crippen molar-refractivity contribution in [2.24, 2.45) is 0 Å². The molecule has 2 aromatic rings. The van der Waals surface area contributed by atoms with Crippen molar-refractivity contribution in [2.45, 2.75) is 50.2 Å². The summed E-state index contributed by atoms with van der Waals surface area (Å²) in [5, 5.41) is 5.66. The number of hydrogen-bond donors (Lipinski definition) is 2. The van der Waals surface area contributed by atoms with E-state index in [4.69, 9.17) is 4.74 Å². The third-order valence-electron chi connectivity index (χ3n) is 6.48. The van der Waals surface area contributed by atoms with Crippen LogP contribution < -0.4 is 15.4 Å². The van der Waals surface area contributed by atoms with Gasteiger partial charge >= 0.3 is 6.03 Å². The van der Waals surface area contributed by atoms with E-state index in [1.165, 1.54) is 0 Å². The molecular weight excluding hydrogens is 394 g/mol. The number of para-hydroxylation sites is 2. The van der Waals surface area contributed by atoms with E-state index < -0.39 is 17.5 Å². The molecule has 1 atom stereocenters. The number of amides is 4. The van der Waals surface area contributed by atoms with E-state index >= 15 is 0 Å². The number of urea groups is 1. The molecule has 0 radical (unpaired) electrons. The molecule has 2 aromatic carbocycles. The Morgan fingerprint density at radius 2 is 1.84 bits per heavy atom. The van der Waals surface area contributed by atoms with Gasteiger partial charge in [-0.3, -0.25) is 14.5 Å². The van der Waals surface area contributed by atoms with Crippen LogP contribution in [0, 0.1) is 0 Å². The van der Waals surface area contributed by atoms with E-state index in [1.54, 1.807) is 6.07 Å². The van der Waals surface area contributed by atoms with Crippen molar-refractivity contribution in [1.29, 1.82) is 0 Å². The molecule has 1 spiro atoms. The second-order valence-corrected chi connectivity index (χ2v) is 8.45. The number of rotatable bonds is 5. The smallest absolute Gasteiger partial charge is 0.325 e. The minimum absolute atomic E-state index is 0.159. The predicted octanol–water partition coefficient (Wildman–Crippen LogP) is 3.34. The fraction of sp³-hybridized carbons (Fsp3) is 0.375. The van der Waals surface area contributed by atoms with Crippen LogP contribution in [0.2, 0.25) is 0 Å².